The van der Waals surface area contributed by atoms with Gasteiger partial charge in [-0.1, -0.05) is 12.1 Å². The SMILES string of the molecule is CSc1ccccc1NC[C@H](C)O. The van der Waals surface area contributed by atoms with Crippen LogP contribution in [-0.2, 0) is 0 Å². The monoisotopic (exact) mass is 197 g/mol. The van der Waals surface area contributed by atoms with Gasteiger partial charge in [0, 0.05) is 17.1 Å². The summed E-state index contributed by atoms with van der Waals surface area (Å²) in [6, 6.07) is 8.09. The Hall–Kier alpha value is -0.670. The molecule has 0 aliphatic carbocycles. The van der Waals surface area contributed by atoms with Crippen molar-refractivity contribution in [2.45, 2.75) is 17.9 Å². The highest BCUT2D eigenvalue weighted by molar-refractivity contribution is 7.98. The fourth-order valence-electron chi connectivity index (χ4n) is 1.05. The molecule has 72 valence electrons. The van der Waals surface area contributed by atoms with E-state index in [-0.39, 0.29) is 6.10 Å². The number of thioether (sulfide) groups is 1. The predicted molar refractivity (Wildman–Crippen MR) is 58.4 cm³/mol. The number of anilines is 1. The van der Waals surface area contributed by atoms with Crippen molar-refractivity contribution in [3.05, 3.63) is 24.3 Å². The summed E-state index contributed by atoms with van der Waals surface area (Å²) in [6.07, 6.45) is 1.73. The van der Waals surface area contributed by atoms with Gasteiger partial charge in [0.2, 0.25) is 0 Å². The molecule has 0 unspecified atom stereocenters. The first kappa shape index (κ1) is 10.4. The van der Waals surface area contributed by atoms with Gasteiger partial charge in [-0.15, -0.1) is 11.8 Å². The predicted octanol–water partition coefficient (Wildman–Crippen LogP) is 2.20. The summed E-state index contributed by atoms with van der Waals surface area (Å²) in [6.45, 7) is 2.37. The van der Waals surface area contributed by atoms with Crippen LogP contribution in [0.3, 0.4) is 0 Å². The lowest BCUT2D eigenvalue weighted by Gasteiger charge is -2.11. The molecule has 1 aromatic rings. The number of nitrogens with one attached hydrogen (secondary N) is 1. The third-order valence-corrected chi connectivity index (χ3v) is 2.49. The zero-order valence-electron chi connectivity index (χ0n) is 7.95. The van der Waals surface area contributed by atoms with E-state index in [4.69, 9.17) is 5.11 Å². The molecule has 0 saturated carbocycles. The van der Waals surface area contributed by atoms with E-state index in [0.29, 0.717) is 6.54 Å². The molecule has 13 heavy (non-hydrogen) atoms. The molecule has 0 aromatic heterocycles. The number of hydrogen-bond acceptors (Lipinski definition) is 3. The Kier molecular flexibility index (Phi) is 4.12. The highest BCUT2D eigenvalue weighted by atomic mass is 32.2. The minimum absolute atomic E-state index is 0.310. The van der Waals surface area contributed by atoms with Crippen molar-refractivity contribution in [2.24, 2.45) is 0 Å². The molecule has 0 radical (unpaired) electrons. The molecule has 0 amide bonds. The van der Waals surface area contributed by atoms with Crippen molar-refractivity contribution in [3.8, 4) is 0 Å². The summed E-state index contributed by atoms with van der Waals surface area (Å²) in [7, 11) is 0. The Morgan fingerprint density at radius 3 is 2.77 bits per heavy atom. The maximum absolute atomic E-state index is 9.11. The van der Waals surface area contributed by atoms with E-state index < -0.39 is 0 Å². The topological polar surface area (TPSA) is 32.3 Å². The second kappa shape index (κ2) is 5.14. The number of aliphatic hydroxyl groups is 1. The summed E-state index contributed by atoms with van der Waals surface area (Å²) in [5.41, 5.74) is 1.09. The zero-order valence-corrected chi connectivity index (χ0v) is 8.77. The van der Waals surface area contributed by atoms with Gasteiger partial charge in [-0.2, -0.15) is 0 Å². The van der Waals surface area contributed by atoms with E-state index in [1.807, 2.05) is 24.5 Å². The van der Waals surface area contributed by atoms with Crippen LogP contribution in [0, 0.1) is 0 Å². The van der Waals surface area contributed by atoms with Crippen LogP contribution in [0.25, 0.3) is 0 Å². The van der Waals surface area contributed by atoms with Crippen molar-refractivity contribution in [3.63, 3.8) is 0 Å². The summed E-state index contributed by atoms with van der Waals surface area (Å²) in [5.74, 6) is 0. The van der Waals surface area contributed by atoms with Crippen LogP contribution in [0.2, 0.25) is 0 Å². The Labute approximate surface area is 83.4 Å². The van der Waals surface area contributed by atoms with Gasteiger partial charge in [0.05, 0.1) is 6.10 Å². The van der Waals surface area contributed by atoms with Crippen LogP contribution < -0.4 is 5.32 Å². The van der Waals surface area contributed by atoms with Crippen molar-refractivity contribution in [1.82, 2.24) is 0 Å². The summed E-state index contributed by atoms with van der Waals surface area (Å²) in [5, 5.41) is 12.3. The molecule has 0 fully saturated rings. The van der Waals surface area contributed by atoms with E-state index in [0.717, 1.165) is 5.69 Å². The molecular weight excluding hydrogens is 182 g/mol. The molecule has 0 saturated heterocycles. The Bertz CT molecular complexity index is 263. The maximum Gasteiger partial charge on any atom is 0.0684 e. The van der Waals surface area contributed by atoms with Crippen LogP contribution in [-0.4, -0.2) is 24.0 Å². The first-order chi connectivity index (χ1) is 6.24. The Morgan fingerprint density at radius 2 is 2.15 bits per heavy atom. The molecule has 2 nitrogen and oxygen atoms in total. The molecule has 1 rings (SSSR count). The van der Waals surface area contributed by atoms with Crippen molar-refractivity contribution < 1.29 is 5.11 Å². The highest BCUT2D eigenvalue weighted by Crippen LogP contribution is 2.24. The van der Waals surface area contributed by atoms with E-state index in [1.165, 1.54) is 4.90 Å². The maximum atomic E-state index is 9.11. The van der Waals surface area contributed by atoms with E-state index in [1.54, 1.807) is 18.7 Å². The van der Waals surface area contributed by atoms with Crippen LogP contribution >= 0.6 is 11.8 Å². The first-order valence-electron chi connectivity index (χ1n) is 4.29. The minimum Gasteiger partial charge on any atom is -0.392 e. The lowest BCUT2D eigenvalue weighted by Crippen LogP contribution is -2.15. The second-order valence-electron chi connectivity index (χ2n) is 2.93. The highest BCUT2D eigenvalue weighted by Gasteiger charge is 2.00. The largest absolute Gasteiger partial charge is 0.392 e. The van der Waals surface area contributed by atoms with Crippen molar-refractivity contribution in [2.75, 3.05) is 18.1 Å². The smallest absolute Gasteiger partial charge is 0.0684 e. The third-order valence-electron chi connectivity index (χ3n) is 1.69. The number of hydrogen-bond donors (Lipinski definition) is 2. The van der Waals surface area contributed by atoms with Crippen molar-refractivity contribution >= 4 is 17.4 Å². The number of para-hydroxylation sites is 1. The summed E-state index contributed by atoms with van der Waals surface area (Å²) < 4.78 is 0. The van der Waals surface area contributed by atoms with Crippen LogP contribution in [0.15, 0.2) is 29.2 Å². The average molecular weight is 197 g/mol. The average Bonchev–Trinajstić information content (AvgIpc) is 2.15. The van der Waals surface area contributed by atoms with Crippen LogP contribution in [0.4, 0.5) is 5.69 Å². The van der Waals surface area contributed by atoms with E-state index in [2.05, 4.69) is 11.4 Å². The molecule has 0 aliphatic rings. The molecule has 0 bridgehead atoms. The van der Waals surface area contributed by atoms with Gasteiger partial charge in [0.1, 0.15) is 0 Å². The van der Waals surface area contributed by atoms with Crippen LogP contribution in [0.1, 0.15) is 6.92 Å². The quantitative estimate of drug-likeness (QED) is 0.726. The minimum atomic E-state index is -0.310. The molecule has 0 heterocycles. The molecular formula is C10H15NOS. The second-order valence-corrected chi connectivity index (χ2v) is 3.78. The molecule has 3 heteroatoms. The third kappa shape index (κ3) is 3.28. The molecule has 0 aliphatic heterocycles. The van der Waals surface area contributed by atoms with Gasteiger partial charge in [-0.25, -0.2) is 0 Å². The Morgan fingerprint density at radius 1 is 1.46 bits per heavy atom. The molecule has 0 spiro atoms. The van der Waals surface area contributed by atoms with Gasteiger partial charge in [-0.05, 0) is 25.3 Å². The van der Waals surface area contributed by atoms with E-state index >= 15 is 0 Å². The molecule has 2 N–H and O–H groups in total. The zero-order chi connectivity index (χ0) is 9.68. The number of rotatable bonds is 4. The lowest BCUT2D eigenvalue weighted by molar-refractivity contribution is 0.208. The lowest BCUT2D eigenvalue weighted by atomic mass is 10.3. The fraction of sp³-hybridized carbons (Fsp3) is 0.400. The van der Waals surface area contributed by atoms with Crippen molar-refractivity contribution in [1.29, 1.82) is 0 Å². The summed E-state index contributed by atoms with van der Waals surface area (Å²) in [4.78, 5) is 1.21. The van der Waals surface area contributed by atoms with Gasteiger partial charge in [-0.3, -0.25) is 0 Å². The normalized spacial score (nSPS) is 12.5. The van der Waals surface area contributed by atoms with Gasteiger partial charge < -0.3 is 10.4 Å². The Balaban J connectivity index is 2.64. The molecule has 1 atom stereocenters. The van der Waals surface area contributed by atoms with E-state index in [9.17, 15) is 0 Å². The van der Waals surface area contributed by atoms with Crippen LogP contribution in [0.5, 0.6) is 0 Å². The number of benzene rings is 1. The molecule has 1 aromatic carbocycles. The number of aliphatic hydroxyl groups excluding tert-OH is 1. The fourth-order valence-corrected chi connectivity index (χ4v) is 1.62. The first-order valence-corrected chi connectivity index (χ1v) is 5.51. The van der Waals surface area contributed by atoms with Gasteiger partial charge in [0.15, 0.2) is 0 Å². The summed E-state index contributed by atoms with van der Waals surface area (Å²) >= 11 is 1.70. The van der Waals surface area contributed by atoms with Gasteiger partial charge >= 0.3 is 0 Å². The van der Waals surface area contributed by atoms with Gasteiger partial charge in [0.25, 0.3) is 0 Å². The standard InChI is InChI=1S/C10H15NOS/c1-8(12)7-11-9-5-3-4-6-10(9)13-2/h3-6,8,11-12H,7H2,1-2H3/t8-/m0/s1.